The third-order valence-corrected chi connectivity index (χ3v) is 4.64. The molecule has 0 radical (unpaired) electrons. The minimum Gasteiger partial charge on any atom is -0.480 e. The fraction of sp³-hybridized carbons (Fsp3) is 0.333. The maximum Gasteiger partial charge on any atom is 0.322 e. The molecule has 0 saturated heterocycles. The molecule has 1 aromatic heterocycles. The molecule has 1 aliphatic carbocycles. The highest BCUT2D eigenvalue weighted by Gasteiger charge is 2.16. The van der Waals surface area contributed by atoms with Gasteiger partial charge in [-0.3, -0.25) is 14.4 Å². The maximum absolute atomic E-state index is 12.5. The van der Waals surface area contributed by atoms with Gasteiger partial charge in [0, 0.05) is 29.1 Å². The summed E-state index contributed by atoms with van der Waals surface area (Å²) in [5.74, 6) is -1.49. The number of amides is 2. The molecule has 0 aliphatic heterocycles. The number of nitrogens with one attached hydrogen (secondary N) is 2. The summed E-state index contributed by atoms with van der Waals surface area (Å²) < 4.78 is 5.90. The molecule has 1 aliphatic rings. The summed E-state index contributed by atoms with van der Waals surface area (Å²) in [6.07, 6.45) is 7.23. The monoisotopic (exact) mass is 397 g/mol. The summed E-state index contributed by atoms with van der Waals surface area (Å²) in [7, 11) is 0. The molecule has 152 valence electrons. The van der Waals surface area contributed by atoms with E-state index in [4.69, 9.17) is 9.84 Å². The van der Waals surface area contributed by atoms with Gasteiger partial charge >= 0.3 is 5.97 Å². The Morgan fingerprint density at radius 1 is 1.00 bits per heavy atom. The first kappa shape index (κ1) is 20.3. The zero-order valence-corrected chi connectivity index (χ0v) is 15.9. The Hall–Kier alpha value is -3.42. The second-order valence-corrected chi connectivity index (χ2v) is 6.87. The number of benzene rings is 1. The van der Waals surface area contributed by atoms with Crippen molar-refractivity contribution in [1.29, 1.82) is 0 Å². The lowest BCUT2D eigenvalue weighted by Gasteiger charge is -2.22. The van der Waals surface area contributed by atoms with Gasteiger partial charge < -0.3 is 20.5 Å². The van der Waals surface area contributed by atoms with Crippen molar-refractivity contribution in [3.8, 4) is 5.88 Å². The van der Waals surface area contributed by atoms with Crippen molar-refractivity contribution >= 4 is 23.5 Å². The highest BCUT2D eigenvalue weighted by molar-refractivity contribution is 6.04. The predicted octanol–water partition coefficient (Wildman–Crippen LogP) is 2.86. The van der Waals surface area contributed by atoms with Crippen LogP contribution in [0, 0.1) is 0 Å². The average Bonchev–Trinajstić information content (AvgIpc) is 2.73. The fourth-order valence-electron chi connectivity index (χ4n) is 3.14. The molecule has 1 saturated carbocycles. The summed E-state index contributed by atoms with van der Waals surface area (Å²) in [5.41, 5.74) is 1.24. The van der Waals surface area contributed by atoms with E-state index in [0.29, 0.717) is 22.7 Å². The van der Waals surface area contributed by atoms with Crippen LogP contribution in [0.25, 0.3) is 0 Å². The standard InChI is InChI=1S/C21H23N3O5/c25-19(26)13-23-20(27)14-6-8-16(9-7-14)24-21(28)15-10-11-22-18(12-15)29-17-4-2-1-3-5-17/h6-12,17H,1-5,13H2,(H,23,27)(H,24,28)(H,25,26). The van der Waals surface area contributed by atoms with Gasteiger partial charge in [-0.25, -0.2) is 4.98 Å². The highest BCUT2D eigenvalue weighted by Crippen LogP contribution is 2.23. The number of anilines is 1. The third-order valence-electron chi connectivity index (χ3n) is 4.64. The summed E-state index contributed by atoms with van der Waals surface area (Å²) >= 11 is 0. The Morgan fingerprint density at radius 2 is 1.72 bits per heavy atom. The quantitative estimate of drug-likeness (QED) is 0.661. The molecule has 0 unspecified atom stereocenters. The van der Waals surface area contributed by atoms with Gasteiger partial charge in [0.2, 0.25) is 5.88 Å². The van der Waals surface area contributed by atoms with Crippen LogP contribution in [0.4, 0.5) is 5.69 Å². The van der Waals surface area contributed by atoms with Crippen molar-refractivity contribution < 1.29 is 24.2 Å². The first-order valence-corrected chi connectivity index (χ1v) is 9.55. The largest absolute Gasteiger partial charge is 0.480 e. The summed E-state index contributed by atoms with van der Waals surface area (Å²) in [4.78, 5) is 39.0. The van der Waals surface area contributed by atoms with Crippen LogP contribution >= 0.6 is 0 Å². The Bertz CT molecular complexity index is 876. The van der Waals surface area contributed by atoms with Crippen LogP contribution in [0.5, 0.6) is 5.88 Å². The molecule has 0 atom stereocenters. The van der Waals surface area contributed by atoms with E-state index in [2.05, 4.69) is 15.6 Å². The zero-order chi connectivity index (χ0) is 20.6. The van der Waals surface area contributed by atoms with Crippen molar-refractivity contribution in [3.05, 3.63) is 53.7 Å². The number of carbonyl (C=O) groups is 3. The Morgan fingerprint density at radius 3 is 2.41 bits per heavy atom. The first-order valence-electron chi connectivity index (χ1n) is 9.55. The van der Waals surface area contributed by atoms with E-state index in [1.54, 1.807) is 30.5 Å². The molecule has 0 spiro atoms. The molecule has 2 aromatic rings. The van der Waals surface area contributed by atoms with Crippen LogP contribution in [-0.2, 0) is 4.79 Å². The number of hydrogen-bond acceptors (Lipinski definition) is 5. The van der Waals surface area contributed by atoms with Gasteiger partial charge in [-0.05, 0) is 56.0 Å². The number of ether oxygens (including phenoxy) is 1. The van der Waals surface area contributed by atoms with E-state index in [0.717, 1.165) is 25.7 Å². The van der Waals surface area contributed by atoms with Crippen molar-refractivity contribution in [3.63, 3.8) is 0 Å². The lowest BCUT2D eigenvalue weighted by Crippen LogP contribution is -2.29. The molecule has 8 heteroatoms. The molecule has 1 aromatic carbocycles. The van der Waals surface area contributed by atoms with Crippen LogP contribution in [-0.4, -0.2) is 40.5 Å². The Balaban J connectivity index is 1.59. The van der Waals surface area contributed by atoms with E-state index < -0.39 is 18.4 Å². The lowest BCUT2D eigenvalue weighted by atomic mass is 9.98. The normalized spacial score (nSPS) is 14.1. The van der Waals surface area contributed by atoms with Crippen LogP contribution in [0.15, 0.2) is 42.6 Å². The molecular weight excluding hydrogens is 374 g/mol. The number of aromatic nitrogens is 1. The number of pyridine rings is 1. The average molecular weight is 397 g/mol. The second-order valence-electron chi connectivity index (χ2n) is 6.87. The minimum atomic E-state index is -1.12. The number of carboxylic acid groups (broad SMARTS) is 1. The number of hydrogen-bond donors (Lipinski definition) is 3. The predicted molar refractivity (Wildman–Crippen MR) is 106 cm³/mol. The Labute approximate surface area is 168 Å². The van der Waals surface area contributed by atoms with Gasteiger partial charge in [0.15, 0.2) is 0 Å². The fourth-order valence-corrected chi connectivity index (χ4v) is 3.14. The molecule has 29 heavy (non-hydrogen) atoms. The molecule has 0 bridgehead atoms. The van der Waals surface area contributed by atoms with E-state index in [1.165, 1.54) is 18.6 Å². The number of carboxylic acids is 1. The lowest BCUT2D eigenvalue weighted by molar-refractivity contribution is -0.135. The smallest absolute Gasteiger partial charge is 0.322 e. The molecule has 1 heterocycles. The van der Waals surface area contributed by atoms with E-state index in [1.807, 2.05) is 0 Å². The van der Waals surface area contributed by atoms with Crippen molar-refractivity contribution in [2.24, 2.45) is 0 Å². The van der Waals surface area contributed by atoms with Gasteiger partial charge in [-0.1, -0.05) is 6.42 Å². The van der Waals surface area contributed by atoms with Crippen LogP contribution in [0.1, 0.15) is 52.8 Å². The SMILES string of the molecule is O=C(O)CNC(=O)c1ccc(NC(=O)c2ccnc(OC3CCCCC3)c2)cc1. The van der Waals surface area contributed by atoms with Crippen LogP contribution < -0.4 is 15.4 Å². The number of rotatable bonds is 7. The topological polar surface area (TPSA) is 118 Å². The maximum atomic E-state index is 12.5. The van der Waals surface area contributed by atoms with Gasteiger partial charge in [0.05, 0.1) is 0 Å². The summed E-state index contributed by atoms with van der Waals surface area (Å²) in [6, 6.07) is 9.41. The molecule has 3 rings (SSSR count). The van der Waals surface area contributed by atoms with E-state index in [9.17, 15) is 14.4 Å². The van der Waals surface area contributed by atoms with Crippen LogP contribution in [0.3, 0.4) is 0 Å². The number of nitrogens with zero attached hydrogens (tertiary/aromatic N) is 1. The molecule has 8 nitrogen and oxygen atoms in total. The van der Waals surface area contributed by atoms with E-state index in [-0.39, 0.29) is 12.0 Å². The van der Waals surface area contributed by atoms with Crippen molar-refractivity contribution in [2.45, 2.75) is 38.2 Å². The molecule has 3 N–H and O–H groups in total. The van der Waals surface area contributed by atoms with Gasteiger partial charge in [-0.2, -0.15) is 0 Å². The van der Waals surface area contributed by atoms with Crippen LogP contribution in [0.2, 0.25) is 0 Å². The van der Waals surface area contributed by atoms with Gasteiger partial charge in [0.25, 0.3) is 11.8 Å². The van der Waals surface area contributed by atoms with Crippen molar-refractivity contribution in [2.75, 3.05) is 11.9 Å². The van der Waals surface area contributed by atoms with E-state index >= 15 is 0 Å². The summed E-state index contributed by atoms with van der Waals surface area (Å²) in [5, 5.41) is 13.6. The summed E-state index contributed by atoms with van der Waals surface area (Å²) in [6.45, 7) is -0.454. The third kappa shape index (κ3) is 6.03. The number of aliphatic carboxylic acids is 1. The molecular formula is C21H23N3O5. The first-order chi connectivity index (χ1) is 14.0. The second kappa shape index (κ2) is 9.68. The molecule has 2 amide bonds. The number of carbonyl (C=O) groups excluding carboxylic acids is 2. The highest BCUT2D eigenvalue weighted by atomic mass is 16.5. The minimum absolute atomic E-state index is 0.148. The van der Waals surface area contributed by atoms with Crippen molar-refractivity contribution in [1.82, 2.24) is 10.3 Å². The zero-order valence-electron chi connectivity index (χ0n) is 15.9. The Kier molecular flexibility index (Phi) is 6.78. The van der Waals surface area contributed by atoms with Gasteiger partial charge in [-0.15, -0.1) is 0 Å². The van der Waals surface area contributed by atoms with Gasteiger partial charge in [0.1, 0.15) is 12.6 Å². The molecule has 1 fully saturated rings.